The molecular weight excluding hydrogens is 439 g/mol. The zero-order valence-corrected chi connectivity index (χ0v) is 19.8. The molecule has 0 saturated carbocycles. The molecule has 0 bridgehead atoms. The van der Waals surface area contributed by atoms with Gasteiger partial charge in [0.15, 0.2) is 5.11 Å². The van der Waals surface area contributed by atoms with E-state index in [1.54, 1.807) is 12.1 Å². The highest BCUT2D eigenvalue weighted by Crippen LogP contribution is 2.20. The first-order valence-corrected chi connectivity index (χ1v) is 11.6. The second-order valence-electron chi connectivity index (χ2n) is 8.41. The van der Waals surface area contributed by atoms with Gasteiger partial charge < -0.3 is 19.9 Å². The fourth-order valence-electron chi connectivity index (χ4n) is 3.97. The minimum absolute atomic E-state index is 0.114. The second-order valence-corrected chi connectivity index (χ2v) is 8.79. The predicted molar refractivity (Wildman–Crippen MR) is 134 cm³/mol. The van der Waals surface area contributed by atoms with Crippen LogP contribution in [0.2, 0.25) is 0 Å². The number of ether oxygens (including phenoxy) is 1. The molecular formula is C25H29FN4O2S. The van der Waals surface area contributed by atoms with Gasteiger partial charge in [0.05, 0.1) is 25.3 Å². The van der Waals surface area contributed by atoms with E-state index in [2.05, 4.69) is 21.3 Å². The Morgan fingerprint density at radius 3 is 2.64 bits per heavy atom. The summed E-state index contributed by atoms with van der Waals surface area (Å²) in [5.74, 6) is -0.302. The normalized spacial score (nSPS) is 14.4. The Morgan fingerprint density at radius 1 is 1.18 bits per heavy atom. The van der Waals surface area contributed by atoms with Crippen LogP contribution in [-0.4, -0.2) is 59.3 Å². The van der Waals surface area contributed by atoms with Crippen LogP contribution >= 0.6 is 12.2 Å². The maximum absolute atomic E-state index is 13.3. The van der Waals surface area contributed by atoms with Gasteiger partial charge in [0.25, 0.3) is 5.56 Å². The number of morpholine rings is 1. The molecule has 2 heterocycles. The average molecular weight is 469 g/mol. The predicted octanol–water partition coefficient (Wildman–Crippen LogP) is 3.82. The molecule has 2 aromatic carbocycles. The van der Waals surface area contributed by atoms with Crippen molar-refractivity contribution < 1.29 is 9.13 Å². The van der Waals surface area contributed by atoms with Crippen molar-refractivity contribution in [3.8, 4) is 0 Å². The lowest BCUT2D eigenvalue weighted by molar-refractivity contribution is 0.0358. The summed E-state index contributed by atoms with van der Waals surface area (Å²) in [6.07, 6.45) is 0. The third kappa shape index (κ3) is 5.76. The van der Waals surface area contributed by atoms with Crippen LogP contribution < -0.4 is 10.9 Å². The fourth-order valence-corrected chi connectivity index (χ4v) is 4.24. The summed E-state index contributed by atoms with van der Waals surface area (Å²) in [5, 5.41) is 4.68. The molecule has 0 unspecified atom stereocenters. The number of fused-ring (bicyclic) bond motifs is 1. The van der Waals surface area contributed by atoms with Crippen molar-refractivity contribution in [3.05, 3.63) is 75.3 Å². The minimum Gasteiger partial charge on any atom is -0.379 e. The lowest BCUT2D eigenvalue weighted by atomic mass is 10.0. The molecule has 174 valence electrons. The summed E-state index contributed by atoms with van der Waals surface area (Å²) in [7, 11) is 0. The van der Waals surface area contributed by atoms with Crippen LogP contribution in [0.3, 0.4) is 0 Å². The van der Waals surface area contributed by atoms with E-state index in [1.165, 1.54) is 12.1 Å². The number of H-pyrrole nitrogens is 1. The first-order chi connectivity index (χ1) is 15.9. The van der Waals surface area contributed by atoms with E-state index < -0.39 is 0 Å². The highest BCUT2D eigenvalue weighted by molar-refractivity contribution is 7.80. The van der Waals surface area contributed by atoms with Gasteiger partial charge in [-0.05, 0) is 72.9 Å². The Morgan fingerprint density at radius 2 is 1.91 bits per heavy atom. The molecule has 1 saturated heterocycles. The maximum atomic E-state index is 13.3. The third-order valence-corrected chi connectivity index (χ3v) is 6.52. The Labute approximate surface area is 198 Å². The Balaban J connectivity index is 1.57. The molecule has 3 aromatic rings. The van der Waals surface area contributed by atoms with Crippen LogP contribution in [0.5, 0.6) is 0 Å². The Kier molecular flexibility index (Phi) is 7.37. The number of nitrogens with zero attached hydrogens (tertiary/aromatic N) is 2. The molecule has 4 rings (SSSR count). The van der Waals surface area contributed by atoms with Crippen molar-refractivity contribution >= 4 is 33.9 Å². The molecule has 0 amide bonds. The molecule has 1 aliphatic rings. The van der Waals surface area contributed by atoms with Gasteiger partial charge in [0.2, 0.25) is 0 Å². The van der Waals surface area contributed by atoms with Gasteiger partial charge in [-0.25, -0.2) is 4.39 Å². The van der Waals surface area contributed by atoms with Crippen molar-refractivity contribution in [1.29, 1.82) is 0 Å². The molecule has 1 aliphatic heterocycles. The highest BCUT2D eigenvalue weighted by atomic mass is 32.1. The number of nitrogens with one attached hydrogen (secondary N) is 2. The van der Waals surface area contributed by atoms with Crippen molar-refractivity contribution in [2.45, 2.75) is 20.4 Å². The molecule has 33 heavy (non-hydrogen) atoms. The first-order valence-electron chi connectivity index (χ1n) is 11.1. The van der Waals surface area contributed by atoms with Crippen LogP contribution in [0.1, 0.15) is 16.7 Å². The number of anilines is 1. The molecule has 2 N–H and O–H groups in total. The van der Waals surface area contributed by atoms with E-state index >= 15 is 0 Å². The van der Waals surface area contributed by atoms with Crippen molar-refractivity contribution in [2.24, 2.45) is 0 Å². The Bertz CT molecular complexity index is 1190. The summed E-state index contributed by atoms with van der Waals surface area (Å²) in [6, 6.07) is 12.1. The number of hydrogen-bond acceptors (Lipinski definition) is 4. The minimum atomic E-state index is -0.302. The smallest absolute Gasteiger partial charge is 0.253 e. The number of benzene rings is 2. The second kappa shape index (κ2) is 10.4. The number of pyridine rings is 1. The standard InChI is InChI=1S/C25H29FN4O2S/c1-17-3-4-19-15-20(24(31)28-23(19)18(17)2)16-30(10-9-29-11-13-32-14-12-29)25(33)27-22-7-5-21(26)6-8-22/h3-8,15H,9-14,16H2,1-2H3,(H,27,33)(H,28,31). The van der Waals surface area contributed by atoms with Crippen molar-refractivity contribution in [1.82, 2.24) is 14.8 Å². The highest BCUT2D eigenvalue weighted by Gasteiger charge is 2.17. The quantitative estimate of drug-likeness (QED) is 0.537. The number of rotatable bonds is 6. The topological polar surface area (TPSA) is 60.6 Å². The molecule has 0 radical (unpaired) electrons. The average Bonchev–Trinajstić information content (AvgIpc) is 2.82. The van der Waals surface area contributed by atoms with Crippen LogP contribution in [0, 0.1) is 19.7 Å². The molecule has 1 aromatic heterocycles. The van der Waals surface area contributed by atoms with E-state index in [0.29, 0.717) is 29.5 Å². The van der Waals surface area contributed by atoms with Crippen LogP contribution in [0.25, 0.3) is 10.9 Å². The molecule has 0 atom stereocenters. The van der Waals surface area contributed by atoms with Crippen LogP contribution in [-0.2, 0) is 11.3 Å². The molecule has 6 nitrogen and oxygen atoms in total. The summed E-state index contributed by atoms with van der Waals surface area (Å²) in [4.78, 5) is 20.3. The first kappa shape index (κ1) is 23.4. The van der Waals surface area contributed by atoms with E-state index in [0.717, 1.165) is 54.9 Å². The lowest BCUT2D eigenvalue weighted by Gasteiger charge is -2.31. The van der Waals surface area contributed by atoms with Gasteiger partial charge >= 0.3 is 0 Å². The zero-order chi connectivity index (χ0) is 23.4. The van der Waals surface area contributed by atoms with Gasteiger partial charge in [-0.2, -0.15) is 0 Å². The molecule has 1 fully saturated rings. The monoisotopic (exact) mass is 468 g/mol. The number of aromatic nitrogens is 1. The van der Waals surface area contributed by atoms with Gasteiger partial charge in [-0.1, -0.05) is 12.1 Å². The summed E-state index contributed by atoms with van der Waals surface area (Å²) >= 11 is 5.70. The van der Waals surface area contributed by atoms with Gasteiger partial charge in [-0.15, -0.1) is 0 Å². The van der Waals surface area contributed by atoms with Gasteiger partial charge in [-0.3, -0.25) is 9.69 Å². The molecule has 0 spiro atoms. The number of aromatic amines is 1. The van der Waals surface area contributed by atoms with Crippen molar-refractivity contribution in [3.63, 3.8) is 0 Å². The van der Waals surface area contributed by atoms with Crippen LogP contribution in [0.15, 0.2) is 47.3 Å². The zero-order valence-electron chi connectivity index (χ0n) is 19.0. The van der Waals surface area contributed by atoms with Crippen molar-refractivity contribution in [2.75, 3.05) is 44.7 Å². The molecule has 0 aliphatic carbocycles. The summed E-state index contributed by atoms with van der Waals surface area (Å²) in [5.41, 5.74) is 4.33. The summed E-state index contributed by atoms with van der Waals surface area (Å²) < 4.78 is 18.7. The fraction of sp³-hybridized carbons (Fsp3) is 0.360. The molecule has 8 heteroatoms. The number of hydrogen-bond donors (Lipinski definition) is 2. The largest absolute Gasteiger partial charge is 0.379 e. The third-order valence-electron chi connectivity index (χ3n) is 6.16. The van der Waals surface area contributed by atoms with Crippen LogP contribution in [0.4, 0.5) is 10.1 Å². The number of halogens is 1. The van der Waals surface area contributed by atoms with E-state index in [9.17, 15) is 9.18 Å². The van der Waals surface area contributed by atoms with E-state index in [4.69, 9.17) is 17.0 Å². The van der Waals surface area contributed by atoms with Gasteiger partial charge in [0, 0.05) is 37.4 Å². The number of thiocarbonyl (C=S) groups is 1. The van der Waals surface area contributed by atoms with E-state index in [-0.39, 0.29) is 11.4 Å². The summed E-state index contributed by atoms with van der Waals surface area (Å²) in [6.45, 7) is 9.08. The maximum Gasteiger partial charge on any atom is 0.253 e. The lowest BCUT2D eigenvalue weighted by Crippen LogP contribution is -2.44. The van der Waals surface area contributed by atoms with E-state index in [1.807, 2.05) is 30.9 Å². The van der Waals surface area contributed by atoms with Gasteiger partial charge in [0.1, 0.15) is 5.82 Å². The Hall–Kier alpha value is -2.81. The number of aryl methyl sites for hydroxylation is 2. The SMILES string of the molecule is Cc1ccc2cc(CN(CCN3CCOCC3)C(=S)Nc3ccc(F)cc3)c(=O)[nH]c2c1C.